The molecule has 1 aromatic heterocycles. The van der Waals surface area contributed by atoms with Gasteiger partial charge in [0.25, 0.3) is 5.56 Å². The maximum Gasteiger partial charge on any atom is 0.310 e. The van der Waals surface area contributed by atoms with Crippen molar-refractivity contribution in [3.8, 4) is 5.75 Å². The quantitative estimate of drug-likeness (QED) is 0.210. The molecule has 0 unspecified atom stereocenters. The van der Waals surface area contributed by atoms with Gasteiger partial charge in [-0.3, -0.25) is 15.0 Å². The Morgan fingerprint density at radius 3 is 2.65 bits per heavy atom. The number of carbonyl (C=O) groups excluding carboxylic acids is 1. The zero-order valence-electron chi connectivity index (χ0n) is 17.4. The topological polar surface area (TPSA) is 119 Å². The Balaban J connectivity index is 1.93. The van der Waals surface area contributed by atoms with Crippen LogP contribution in [-0.4, -0.2) is 36.8 Å². The summed E-state index contributed by atoms with van der Waals surface area (Å²) in [7, 11) is 1.31. The monoisotopic (exact) mass is 422 g/mol. The first kappa shape index (κ1) is 21.9. The molecule has 3 aromatic rings. The summed E-state index contributed by atoms with van der Waals surface area (Å²) >= 11 is 0. The van der Waals surface area contributed by atoms with Gasteiger partial charge in [-0.25, -0.2) is 0 Å². The fourth-order valence-corrected chi connectivity index (χ4v) is 3.26. The molecule has 0 amide bonds. The van der Waals surface area contributed by atoms with Crippen LogP contribution >= 0.6 is 0 Å². The summed E-state index contributed by atoms with van der Waals surface area (Å²) in [4.78, 5) is 25.0. The molecule has 31 heavy (non-hydrogen) atoms. The summed E-state index contributed by atoms with van der Waals surface area (Å²) in [5.41, 5.74) is 7.12. The molecule has 0 spiro atoms. The molecule has 0 aliphatic heterocycles. The van der Waals surface area contributed by atoms with Gasteiger partial charge in [0, 0.05) is 18.2 Å². The van der Waals surface area contributed by atoms with E-state index in [0.29, 0.717) is 37.4 Å². The van der Waals surface area contributed by atoms with Crippen molar-refractivity contribution in [1.29, 1.82) is 5.41 Å². The largest absolute Gasteiger partial charge is 0.493 e. The van der Waals surface area contributed by atoms with Crippen molar-refractivity contribution in [3.05, 3.63) is 76.1 Å². The van der Waals surface area contributed by atoms with E-state index in [0.717, 1.165) is 16.5 Å². The molecule has 0 aliphatic carbocycles. The number of ether oxygens (including phenoxy) is 2. The highest BCUT2D eigenvalue weighted by atomic mass is 16.5. The zero-order chi connectivity index (χ0) is 22.2. The van der Waals surface area contributed by atoms with E-state index in [-0.39, 0.29) is 17.9 Å². The fourth-order valence-electron chi connectivity index (χ4n) is 3.26. The van der Waals surface area contributed by atoms with E-state index in [2.05, 4.69) is 5.32 Å². The van der Waals surface area contributed by atoms with Gasteiger partial charge < -0.3 is 25.1 Å². The number of benzene rings is 2. The number of carbonyl (C=O) groups is 1. The number of hydrogen-bond acceptors (Lipinski definition) is 5. The summed E-state index contributed by atoms with van der Waals surface area (Å²) in [6, 6.07) is 16.9. The molecular formula is C23H26N4O4. The Kier molecular flexibility index (Phi) is 7.26. The first-order valence-electron chi connectivity index (χ1n) is 9.96. The SMILES string of the molecule is COC(=O)Cc1cc2ccc(OCCCNC(=N)N)cc2n(Cc2ccccc2)c1=O. The number of fused-ring (bicyclic) bond motifs is 1. The Morgan fingerprint density at radius 2 is 1.94 bits per heavy atom. The van der Waals surface area contributed by atoms with E-state index in [1.807, 2.05) is 48.5 Å². The second-order valence-corrected chi connectivity index (χ2v) is 7.06. The van der Waals surface area contributed by atoms with Crippen LogP contribution in [-0.2, 0) is 22.5 Å². The number of rotatable bonds is 9. The van der Waals surface area contributed by atoms with Gasteiger partial charge in [0.15, 0.2) is 5.96 Å². The Hall–Kier alpha value is -3.81. The number of nitrogens with two attached hydrogens (primary N) is 1. The minimum absolute atomic E-state index is 0.0709. The number of pyridine rings is 1. The van der Waals surface area contributed by atoms with Crippen molar-refractivity contribution in [1.82, 2.24) is 9.88 Å². The molecule has 0 saturated carbocycles. The van der Waals surface area contributed by atoms with Crippen LogP contribution in [0.3, 0.4) is 0 Å². The molecule has 8 heteroatoms. The molecule has 0 saturated heterocycles. The van der Waals surface area contributed by atoms with Crippen LogP contribution in [0.1, 0.15) is 17.5 Å². The molecule has 0 bridgehead atoms. The Labute approximate surface area is 180 Å². The zero-order valence-corrected chi connectivity index (χ0v) is 17.4. The van der Waals surface area contributed by atoms with Gasteiger partial charge in [-0.15, -0.1) is 0 Å². The van der Waals surface area contributed by atoms with E-state index in [9.17, 15) is 9.59 Å². The van der Waals surface area contributed by atoms with Gasteiger partial charge in [0.05, 0.1) is 32.2 Å². The molecule has 4 N–H and O–H groups in total. The summed E-state index contributed by atoms with van der Waals surface area (Å²) in [6.07, 6.45) is 0.591. The van der Waals surface area contributed by atoms with Gasteiger partial charge >= 0.3 is 5.97 Å². The lowest BCUT2D eigenvalue weighted by Gasteiger charge is -2.15. The lowest BCUT2D eigenvalue weighted by atomic mass is 10.1. The average Bonchev–Trinajstić information content (AvgIpc) is 2.77. The molecule has 2 aromatic carbocycles. The average molecular weight is 422 g/mol. The van der Waals surface area contributed by atoms with Crippen LogP contribution in [0.5, 0.6) is 5.75 Å². The first-order valence-corrected chi connectivity index (χ1v) is 9.96. The standard InChI is InChI=1S/C23H26N4O4/c1-30-21(28)13-18-12-17-8-9-19(31-11-5-10-26-23(24)25)14-20(17)27(22(18)29)15-16-6-3-2-4-7-16/h2-4,6-9,12,14H,5,10-11,13,15H2,1H3,(H4,24,25,26). The third kappa shape index (κ3) is 5.85. The Morgan fingerprint density at radius 1 is 1.16 bits per heavy atom. The molecule has 0 fully saturated rings. The molecular weight excluding hydrogens is 396 g/mol. The number of nitrogens with zero attached hydrogens (tertiary/aromatic N) is 1. The number of esters is 1. The molecule has 1 heterocycles. The smallest absolute Gasteiger partial charge is 0.310 e. The second kappa shape index (κ2) is 10.3. The molecule has 0 aliphatic rings. The summed E-state index contributed by atoms with van der Waals surface area (Å²) in [5, 5.41) is 10.7. The summed E-state index contributed by atoms with van der Waals surface area (Å²) in [6.45, 7) is 1.35. The maximum atomic E-state index is 13.2. The van der Waals surface area contributed by atoms with Crippen molar-refractivity contribution in [2.24, 2.45) is 5.73 Å². The van der Waals surface area contributed by atoms with E-state index in [4.69, 9.17) is 20.6 Å². The van der Waals surface area contributed by atoms with Gasteiger partial charge in [0.1, 0.15) is 5.75 Å². The first-order chi connectivity index (χ1) is 15.0. The predicted octanol–water partition coefficient (Wildman–Crippen LogP) is 2.02. The fraction of sp³-hybridized carbons (Fsp3) is 0.261. The molecule has 8 nitrogen and oxygen atoms in total. The number of aromatic nitrogens is 1. The van der Waals surface area contributed by atoms with Gasteiger partial charge in [-0.05, 0) is 35.6 Å². The van der Waals surface area contributed by atoms with E-state index in [1.54, 1.807) is 10.6 Å². The number of nitrogens with one attached hydrogen (secondary N) is 2. The highest BCUT2D eigenvalue weighted by Gasteiger charge is 2.14. The maximum absolute atomic E-state index is 13.2. The Bertz CT molecular complexity index is 1130. The lowest BCUT2D eigenvalue weighted by molar-refractivity contribution is -0.139. The minimum atomic E-state index is -0.457. The summed E-state index contributed by atoms with van der Waals surface area (Å²) < 4.78 is 12.2. The van der Waals surface area contributed by atoms with Crippen molar-refractivity contribution < 1.29 is 14.3 Å². The third-order valence-corrected chi connectivity index (χ3v) is 4.79. The van der Waals surface area contributed by atoms with Crippen molar-refractivity contribution >= 4 is 22.8 Å². The highest BCUT2D eigenvalue weighted by Crippen LogP contribution is 2.22. The van der Waals surface area contributed by atoms with Crippen LogP contribution in [0.2, 0.25) is 0 Å². The normalized spacial score (nSPS) is 10.6. The van der Waals surface area contributed by atoms with E-state index < -0.39 is 5.97 Å². The highest BCUT2D eigenvalue weighted by molar-refractivity contribution is 5.83. The lowest BCUT2D eigenvalue weighted by Crippen LogP contribution is -2.31. The van der Waals surface area contributed by atoms with Gasteiger partial charge in [-0.1, -0.05) is 30.3 Å². The minimum Gasteiger partial charge on any atom is -0.493 e. The molecule has 0 radical (unpaired) electrons. The van der Waals surface area contributed by atoms with Crippen molar-refractivity contribution in [2.75, 3.05) is 20.3 Å². The van der Waals surface area contributed by atoms with Gasteiger partial charge in [-0.2, -0.15) is 0 Å². The van der Waals surface area contributed by atoms with Crippen LogP contribution in [0.15, 0.2) is 59.4 Å². The van der Waals surface area contributed by atoms with E-state index >= 15 is 0 Å². The van der Waals surface area contributed by atoms with Crippen molar-refractivity contribution in [3.63, 3.8) is 0 Å². The van der Waals surface area contributed by atoms with Crippen LogP contribution in [0, 0.1) is 5.41 Å². The molecule has 3 rings (SSSR count). The summed E-state index contributed by atoms with van der Waals surface area (Å²) in [5.74, 6) is 0.109. The van der Waals surface area contributed by atoms with Crippen LogP contribution in [0.25, 0.3) is 10.9 Å². The second-order valence-electron chi connectivity index (χ2n) is 7.06. The molecule has 162 valence electrons. The van der Waals surface area contributed by atoms with Crippen molar-refractivity contribution in [2.45, 2.75) is 19.4 Å². The van der Waals surface area contributed by atoms with E-state index in [1.165, 1.54) is 7.11 Å². The third-order valence-electron chi connectivity index (χ3n) is 4.79. The van der Waals surface area contributed by atoms with Gasteiger partial charge in [0.2, 0.25) is 0 Å². The van der Waals surface area contributed by atoms with Crippen LogP contribution < -0.4 is 21.3 Å². The predicted molar refractivity (Wildman–Crippen MR) is 120 cm³/mol. The molecule has 0 atom stereocenters. The number of methoxy groups -OCH3 is 1. The van der Waals surface area contributed by atoms with Crippen LogP contribution in [0.4, 0.5) is 0 Å². The number of hydrogen-bond donors (Lipinski definition) is 3. The number of guanidine groups is 1.